The Morgan fingerprint density at radius 1 is 1.42 bits per heavy atom. The van der Waals surface area contributed by atoms with E-state index < -0.39 is 8.07 Å². The van der Waals surface area contributed by atoms with Gasteiger partial charge in [-0.3, -0.25) is 0 Å². The summed E-state index contributed by atoms with van der Waals surface area (Å²) in [6.07, 6.45) is 3.55. The fraction of sp³-hybridized carbons (Fsp3) is 0.429. The molecule has 0 amide bonds. The minimum Gasteiger partial charge on any atom is -0.361 e. The van der Waals surface area contributed by atoms with Gasteiger partial charge >= 0.3 is 0 Å². The second-order valence-electron chi connectivity index (χ2n) is 5.88. The molecule has 0 atom stereocenters. The van der Waals surface area contributed by atoms with Crippen molar-refractivity contribution in [1.82, 2.24) is 9.55 Å². The number of hydrogen-bond acceptors (Lipinski definition) is 3. The summed E-state index contributed by atoms with van der Waals surface area (Å²) in [5.41, 5.74) is 1.46. The van der Waals surface area contributed by atoms with Crippen LogP contribution in [0.3, 0.4) is 0 Å². The Kier molecular flexibility index (Phi) is 4.03. The highest BCUT2D eigenvalue weighted by Crippen LogP contribution is 2.15. The maximum absolute atomic E-state index is 8.84. The van der Waals surface area contributed by atoms with Crippen molar-refractivity contribution in [3.8, 4) is 6.07 Å². The zero-order valence-electron chi connectivity index (χ0n) is 11.7. The second-order valence-corrected chi connectivity index (χ2v) is 11.5. The first-order valence-corrected chi connectivity index (χ1v) is 10.1. The smallest absolute Gasteiger partial charge is 0.141 e. The lowest BCUT2D eigenvalue weighted by molar-refractivity contribution is 0.0899. The van der Waals surface area contributed by atoms with Crippen LogP contribution in [-0.2, 0) is 11.5 Å². The molecular formula is C14H19N3OSi. The van der Waals surface area contributed by atoms with Gasteiger partial charge in [-0.05, 0) is 18.2 Å². The van der Waals surface area contributed by atoms with Crippen LogP contribution in [0.1, 0.15) is 5.56 Å². The summed E-state index contributed by atoms with van der Waals surface area (Å²) in [5.74, 6) is 0. The third-order valence-electron chi connectivity index (χ3n) is 2.96. The molecule has 4 nitrogen and oxygen atoms in total. The van der Waals surface area contributed by atoms with Gasteiger partial charge in [0.25, 0.3) is 0 Å². The molecule has 2 aromatic heterocycles. The number of ether oxygens (including phenoxy) is 1. The highest BCUT2D eigenvalue weighted by molar-refractivity contribution is 6.76. The van der Waals surface area contributed by atoms with Crippen molar-refractivity contribution in [3.63, 3.8) is 0 Å². The Bertz CT molecular complexity index is 607. The first-order valence-electron chi connectivity index (χ1n) is 6.42. The van der Waals surface area contributed by atoms with Gasteiger partial charge in [0, 0.05) is 32.5 Å². The molecule has 0 bridgehead atoms. The van der Waals surface area contributed by atoms with E-state index in [1.54, 1.807) is 6.20 Å². The van der Waals surface area contributed by atoms with Crippen molar-refractivity contribution in [2.75, 3.05) is 6.61 Å². The van der Waals surface area contributed by atoms with Gasteiger partial charge in [0.05, 0.1) is 5.56 Å². The van der Waals surface area contributed by atoms with E-state index >= 15 is 0 Å². The fourth-order valence-corrected chi connectivity index (χ4v) is 2.54. The lowest BCUT2D eigenvalue weighted by atomic mass is 10.2. The maximum atomic E-state index is 8.84. The van der Waals surface area contributed by atoms with Gasteiger partial charge < -0.3 is 9.30 Å². The third-order valence-corrected chi connectivity index (χ3v) is 4.66. The van der Waals surface area contributed by atoms with Crippen LogP contribution >= 0.6 is 0 Å². The maximum Gasteiger partial charge on any atom is 0.141 e. The number of pyridine rings is 1. The molecule has 2 heterocycles. The van der Waals surface area contributed by atoms with Crippen LogP contribution in [0.4, 0.5) is 0 Å². The normalized spacial score (nSPS) is 11.7. The molecule has 2 rings (SSSR count). The van der Waals surface area contributed by atoms with E-state index in [9.17, 15) is 0 Å². The van der Waals surface area contributed by atoms with Crippen LogP contribution in [0.2, 0.25) is 25.7 Å². The van der Waals surface area contributed by atoms with E-state index in [-0.39, 0.29) is 0 Å². The Hall–Kier alpha value is -1.64. The van der Waals surface area contributed by atoms with Crippen molar-refractivity contribution in [2.24, 2.45) is 0 Å². The standard InChI is InChI=1S/C14H19N3OSi/c1-19(2,3)7-6-18-11-17-5-4-13-8-12(9-15)10-16-14(13)17/h4-5,8,10H,6-7,11H2,1-3H3. The fourth-order valence-electron chi connectivity index (χ4n) is 1.78. The van der Waals surface area contributed by atoms with Crippen LogP contribution in [0.5, 0.6) is 0 Å². The quantitative estimate of drug-likeness (QED) is 0.621. The molecule has 5 heteroatoms. The van der Waals surface area contributed by atoms with Crippen molar-refractivity contribution >= 4 is 19.1 Å². The zero-order chi connectivity index (χ0) is 13.9. The van der Waals surface area contributed by atoms with Crippen LogP contribution < -0.4 is 0 Å². The molecule has 0 radical (unpaired) electrons. The van der Waals surface area contributed by atoms with Gasteiger partial charge in [0.1, 0.15) is 18.4 Å². The molecule has 2 aromatic rings. The Labute approximate surface area is 114 Å². The van der Waals surface area contributed by atoms with Gasteiger partial charge in [-0.25, -0.2) is 4.98 Å². The average molecular weight is 273 g/mol. The van der Waals surface area contributed by atoms with E-state index in [2.05, 4.69) is 30.7 Å². The van der Waals surface area contributed by atoms with Crippen molar-refractivity contribution in [2.45, 2.75) is 32.4 Å². The van der Waals surface area contributed by atoms with Crippen LogP contribution in [0.25, 0.3) is 11.0 Å². The predicted octanol–water partition coefficient (Wildman–Crippen LogP) is 3.22. The number of rotatable bonds is 5. The highest BCUT2D eigenvalue weighted by atomic mass is 28.3. The minimum absolute atomic E-state index is 0.521. The molecule has 0 spiro atoms. The largest absolute Gasteiger partial charge is 0.361 e. The van der Waals surface area contributed by atoms with E-state index in [4.69, 9.17) is 10.00 Å². The zero-order valence-corrected chi connectivity index (χ0v) is 12.7. The van der Waals surface area contributed by atoms with Crippen LogP contribution in [0, 0.1) is 11.3 Å². The van der Waals surface area contributed by atoms with Crippen LogP contribution in [0.15, 0.2) is 24.5 Å². The first kappa shape index (κ1) is 13.8. The summed E-state index contributed by atoms with van der Waals surface area (Å²) in [6.45, 7) is 8.34. The lowest BCUT2D eigenvalue weighted by Gasteiger charge is -2.15. The topological polar surface area (TPSA) is 50.8 Å². The van der Waals surface area contributed by atoms with Gasteiger partial charge in [-0.2, -0.15) is 5.26 Å². The average Bonchev–Trinajstić information content (AvgIpc) is 2.75. The molecule has 0 saturated carbocycles. The Morgan fingerprint density at radius 2 is 2.21 bits per heavy atom. The molecule has 0 N–H and O–H groups in total. The summed E-state index contributed by atoms with van der Waals surface area (Å²) in [7, 11) is -1.03. The Morgan fingerprint density at radius 3 is 2.89 bits per heavy atom. The number of nitrogens with zero attached hydrogens (tertiary/aromatic N) is 3. The first-order chi connectivity index (χ1) is 8.99. The van der Waals surface area contributed by atoms with Crippen molar-refractivity contribution in [1.29, 1.82) is 5.26 Å². The van der Waals surface area contributed by atoms with Gasteiger partial charge in [0.2, 0.25) is 0 Å². The number of hydrogen-bond donors (Lipinski definition) is 0. The van der Waals surface area contributed by atoms with Crippen molar-refractivity contribution in [3.05, 3.63) is 30.1 Å². The Balaban J connectivity index is 2.00. The van der Waals surface area contributed by atoms with Gasteiger partial charge in [-0.15, -0.1) is 0 Å². The molecule has 0 saturated heterocycles. The molecule has 0 fully saturated rings. The third kappa shape index (κ3) is 3.66. The van der Waals surface area contributed by atoms with E-state index in [0.717, 1.165) is 23.7 Å². The SMILES string of the molecule is C[Si](C)(C)CCOCn1ccc2cc(C#N)cnc21. The molecule has 0 aliphatic carbocycles. The monoisotopic (exact) mass is 273 g/mol. The number of nitriles is 1. The summed E-state index contributed by atoms with van der Waals surface area (Å²) in [6, 6.07) is 7.08. The molecule has 19 heavy (non-hydrogen) atoms. The van der Waals surface area contributed by atoms with Crippen LogP contribution in [-0.4, -0.2) is 24.2 Å². The second kappa shape index (κ2) is 5.55. The van der Waals surface area contributed by atoms with Crippen molar-refractivity contribution < 1.29 is 4.74 Å². The molecule has 0 unspecified atom stereocenters. The minimum atomic E-state index is -1.03. The van der Waals surface area contributed by atoms with Gasteiger partial charge in [-0.1, -0.05) is 19.6 Å². The summed E-state index contributed by atoms with van der Waals surface area (Å²) in [5, 5.41) is 9.82. The summed E-state index contributed by atoms with van der Waals surface area (Å²) >= 11 is 0. The highest BCUT2D eigenvalue weighted by Gasteiger charge is 2.12. The van der Waals surface area contributed by atoms with E-state index in [1.807, 2.05) is 22.9 Å². The number of fused-ring (bicyclic) bond motifs is 1. The molecule has 0 aliphatic rings. The number of aromatic nitrogens is 2. The van der Waals surface area contributed by atoms with Gasteiger partial charge in [0.15, 0.2) is 0 Å². The molecule has 0 aliphatic heterocycles. The summed E-state index contributed by atoms with van der Waals surface area (Å²) < 4.78 is 7.68. The molecule has 0 aromatic carbocycles. The van der Waals surface area contributed by atoms with E-state index in [0.29, 0.717) is 12.3 Å². The lowest BCUT2D eigenvalue weighted by Crippen LogP contribution is -2.22. The van der Waals surface area contributed by atoms with E-state index in [1.165, 1.54) is 0 Å². The molecule has 100 valence electrons. The summed E-state index contributed by atoms with van der Waals surface area (Å²) in [4.78, 5) is 4.31. The predicted molar refractivity (Wildman–Crippen MR) is 78.6 cm³/mol. The molecular weight excluding hydrogens is 254 g/mol.